The Balaban J connectivity index is 1.07. The van der Waals surface area contributed by atoms with Crippen LogP contribution in [0.4, 0.5) is 0 Å². The molecule has 0 saturated carbocycles. The van der Waals surface area contributed by atoms with Gasteiger partial charge in [-0.2, -0.15) is 0 Å². The highest BCUT2D eigenvalue weighted by atomic mass is 16.6. The van der Waals surface area contributed by atoms with Crippen molar-refractivity contribution in [1.29, 1.82) is 0 Å². The van der Waals surface area contributed by atoms with Crippen LogP contribution in [0.2, 0.25) is 0 Å². The van der Waals surface area contributed by atoms with E-state index in [1.807, 2.05) is 13.1 Å². The van der Waals surface area contributed by atoms with Gasteiger partial charge < -0.3 is 44.3 Å². The van der Waals surface area contributed by atoms with Crippen LogP contribution >= 0.6 is 0 Å². The summed E-state index contributed by atoms with van der Waals surface area (Å²) in [5, 5.41) is 43.5. The third kappa shape index (κ3) is 5.29. The van der Waals surface area contributed by atoms with Crippen LogP contribution < -0.4 is 4.74 Å². The number of hydrogen-bond acceptors (Lipinski definition) is 12. The zero-order chi connectivity index (χ0) is 35.4. The first kappa shape index (κ1) is 33.3. The van der Waals surface area contributed by atoms with Gasteiger partial charge >= 0.3 is 23.9 Å². The van der Waals surface area contributed by atoms with Gasteiger partial charge in [-0.1, -0.05) is 66.7 Å². The van der Waals surface area contributed by atoms with Gasteiger partial charge in [0.25, 0.3) is 0 Å². The molecule has 50 heavy (non-hydrogen) atoms. The third-order valence-corrected chi connectivity index (χ3v) is 10.3. The Morgan fingerprint density at radius 1 is 0.940 bits per heavy atom. The fourth-order valence-corrected chi connectivity index (χ4v) is 7.99. The van der Waals surface area contributed by atoms with Crippen molar-refractivity contribution in [2.75, 3.05) is 13.6 Å². The summed E-state index contributed by atoms with van der Waals surface area (Å²) in [5.41, 5.74) is -0.362. The number of aromatic hydroxyl groups is 1. The smallest absolute Gasteiger partial charge is 0.353 e. The molecule has 0 radical (unpaired) electrons. The number of likely N-dealkylation sites (N-methyl/N-ethyl adjacent to an activating group) is 1. The summed E-state index contributed by atoms with van der Waals surface area (Å²) in [7, 11) is 1.94. The molecule has 0 amide bonds. The van der Waals surface area contributed by atoms with Gasteiger partial charge in [0.15, 0.2) is 23.7 Å². The summed E-state index contributed by atoms with van der Waals surface area (Å²) in [4.78, 5) is 53.7. The van der Waals surface area contributed by atoms with Crippen molar-refractivity contribution in [2.45, 2.75) is 67.2 Å². The van der Waals surface area contributed by atoms with E-state index in [0.29, 0.717) is 24.9 Å². The lowest BCUT2D eigenvalue weighted by atomic mass is 9.50. The van der Waals surface area contributed by atoms with Gasteiger partial charge in [0, 0.05) is 29.2 Å². The van der Waals surface area contributed by atoms with Crippen molar-refractivity contribution in [3.8, 4) is 11.5 Å². The Morgan fingerprint density at radius 3 is 2.26 bits per heavy atom. The number of carbonyl (C=O) groups is 4. The maximum absolute atomic E-state index is 13.3. The van der Waals surface area contributed by atoms with E-state index in [2.05, 4.69) is 4.90 Å². The second-order valence-electron chi connectivity index (χ2n) is 13.1. The van der Waals surface area contributed by atoms with E-state index in [-0.39, 0.29) is 40.8 Å². The number of carboxylic acid groups (broad SMARTS) is 1. The van der Waals surface area contributed by atoms with Crippen LogP contribution in [0.25, 0.3) is 0 Å². The Labute approximate surface area is 286 Å². The number of likely N-dealkylation sites (tertiary alicyclic amines) is 1. The molecule has 2 heterocycles. The lowest BCUT2D eigenvalue weighted by Gasteiger charge is -2.61. The highest BCUT2D eigenvalue weighted by Gasteiger charge is 2.72. The molecule has 1 saturated heterocycles. The first-order chi connectivity index (χ1) is 23.9. The second kappa shape index (κ2) is 12.6. The van der Waals surface area contributed by atoms with Crippen LogP contribution in [0.5, 0.6) is 11.5 Å². The highest BCUT2D eigenvalue weighted by molar-refractivity contribution is 5.86. The average Bonchev–Trinajstić information content (AvgIpc) is 3.47. The van der Waals surface area contributed by atoms with Crippen molar-refractivity contribution in [3.05, 3.63) is 107 Å². The summed E-state index contributed by atoms with van der Waals surface area (Å²) < 4.78 is 22.6. The quantitative estimate of drug-likeness (QED) is 0.180. The van der Waals surface area contributed by atoms with E-state index in [0.717, 1.165) is 5.56 Å². The molecule has 0 aromatic heterocycles. The number of phenolic OH excluding ortho intramolecular Hbond substituents is 1. The number of nitrogens with zero attached hydrogens (tertiary/aromatic N) is 1. The van der Waals surface area contributed by atoms with Gasteiger partial charge in [-0.05, 0) is 44.1 Å². The molecular weight excluding hydrogens is 650 g/mol. The van der Waals surface area contributed by atoms with Gasteiger partial charge in [0.05, 0.1) is 17.4 Å². The molecule has 4 aliphatic rings. The molecule has 7 atom stereocenters. The number of phenols is 1. The monoisotopic (exact) mass is 685 g/mol. The summed E-state index contributed by atoms with van der Waals surface area (Å²) >= 11 is 0. The highest BCUT2D eigenvalue weighted by Crippen LogP contribution is 2.65. The molecule has 1 fully saturated rings. The summed E-state index contributed by atoms with van der Waals surface area (Å²) in [5.74, 6) is -4.84. The molecule has 0 unspecified atom stereocenters. The molecule has 4 N–H and O–H groups in total. The molecule has 1 spiro atoms. The average molecular weight is 686 g/mol. The van der Waals surface area contributed by atoms with Crippen molar-refractivity contribution < 1.29 is 58.6 Å². The predicted molar refractivity (Wildman–Crippen MR) is 171 cm³/mol. The molecule has 2 aliphatic heterocycles. The lowest BCUT2D eigenvalue weighted by Crippen LogP contribution is -2.74. The maximum Gasteiger partial charge on any atom is 0.353 e. The van der Waals surface area contributed by atoms with E-state index >= 15 is 0 Å². The number of rotatable bonds is 10. The van der Waals surface area contributed by atoms with Crippen molar-refractivity contribution in [1.82, 2.24) is 4.90 Å². The third-order valence-electron chi connectivity index (χ3n) is 10.3. The van der Waals surface area contributed by atoms with Crippen molar-refractivity contribution in [3.63, 3.8) is 0 Å². The summed E-state index contributed by atoms with van der Waals surface area (Å²) in [6, 6.07) is 18.6. The van der Waals surface area contributed by atoms with Crippen LogP contribution in [0, 0.1) is 0 Å². The molecule has 2 aliphatic carbocycles. The predicted octanol–water partition coefficient (Wildman–Crippen LogP) is 2.62. The van der Waals surface area contributed by atoms with Crippen LogP contribution in [-0.2, 0) is 45.2 Å². The van der Waals surface area contributed by atoms with Gasteiger partial charge in [0.1, 0.15) is 5.76 Å². The molecule has 260 valence electrons. The number of benzene rings is 3. The van der Waals surface area contributed by atoms with Gasteiger partial charge in [0.2, 0.25) is 12.2 Å². The standard InChI is InChI=1S/C37H35NO12/c1-38-17-16-36-28-22-12-13-23(39)31(28)49-32(36)25(14-15-37(36,46)26(38)18-22)47-34(44)24(40)19-27(41)48-30(21-10-6-3-7-11-21)35(45)50-29(33(42)43)20-8-4-2-5-9-20/h2-14,24,26,29-30,32,39-40,46H,15-19H2,1H3,(H,42,43)/t24-,26+,29-,30-,32-,36-,37+/m0/s1. The van der Waals surface area contributed by atoms with Gasteiger partial charge in [-0.15, -0.1) is 0 Å². The molecule has 2 bridgehead atoms. The number of aliphatic carboxylic acids is 1. The van der Waals surface area contributed by atoms with Gasteiger partial charge in [-0.3, -0.25) is 4.79 Å². The van der Waals surface area contributed by atoms with Crippen molar-refractivity contribution >= 4 is 23.9 Å². The van der Waals surface area contributed by atoms with E-state index in [9.17, 15) is 39.6 Å². The van der Waals surface area contributed by atoms with Crippen LogP contribution in [0.15, 0.2) is 84.6 Å². The maximum atomic E-state index is 13.3. The minimum atomic E-state index is -2.03. The first-order valence-electron chi connectivity index (χ1n) is 16.2. The van der Waals surface area contributed by atoms with Gasteiger partial charge in [-0.25, -0.2) is 14.4 Å². The number of carboxylic acids is 1. The number of carbonyl (C=O) groups excluding carboxylic acids is 3. The Bertz CT molecular complexity index is 1880. The van der Waals surface area contributed by atoms with E-state index in [4.69, 9.17) is 18.9 Å². The van der Waals surface area contributed by atoms with Crippen LogP contribution in [-0.4, -0.2) is 86.6 Å². The number of aliphatic hydroxyl groups is 2. The largest absolute Gasteiger partial charge is 0.504 e. The summed E-state index contributed by atoms with van der Waals surface area (Å²) in [6.07, 6.45) is -4.72. The number of ether oxygens (including phenoxy) is 4. The zero-order valence-corrected chi connectivity index (χ0v) is 26.9. The van der Waals surface area contributed by atoms with E-state index < -0.39 is 65.7 Å². The topological polar surface area (TPSA) is 189 Å². The number of hydrogen-bond donors (Lipinski definition) is 4. The number of piperidine rings is 1. The number of aliphatic hydroxyl groups excluding tert-OH is 1. The molecule has 3 aromatic carbocycles. The van der Waals surface area contributed by atoms with Crippen LogP contribution in [0.3, 0.4) is 0 Å². The SMILES string of the molecule is CN1CC[C@]23c4c5ccc(O)c4O[C@H]2C(OC(=O)[C@@H](O)CC(=O)O[C@H](C(=O)O[C@H](C(=O)O)c2ccccc2)c2ccccc2)=CC[C@@]3(O)[C@H]1C5. The molecular formula is C37H35NO12. The Kier molecular flexibility index (Phi) is 8.37. The number of esters is 3. The fourth-order valence-electron chi connectivity index (χ4n) is 7.99. The van der Waals surface area contributed by atoms with E-state index in [1.165, 1.54) is 30.3 Å². The minimum Gasteiger partial charge on any atom is -0.504 e. The summed E-state index contributed by atoms with van der Waals surface area (Å²) in [6.45, 7) is 0.612. The first-order valence-corrected chi connectivity index (χ1v) is 16.2. The minimum absolute atomic E-state index is 0.0326. The fraction of sp³-hybridized carbons (Fsp3) is 0.351. The Hall–Kier alpha value is -5.24. The molecule has 3 aromatic rings. The molecule has 13 nitrogen and oxygen atoms in total. The second-order valence-corrected chi connectivity index (χ2v) is 13.1. The van der Waals surface area contributed by atoms with E-state index in [1.54, 1.807) is 42.5 Å². The Morgan fingerprint density at radius 2 is 1.60 bits per heavy atom. The van der Waals surface area contributed by atoms with Crippen LogP contribution in [0.1, 0.15) is 53.7 Å². The molecule has 13 heteroatoms. The lowest BCUT2D eigenvalue weighted by molar-refractivity contribution is -0.180. The van der Waals surface area contributed by atoms with Crippen molar-refractivity contribution in [2.24, 2.45) is 0 Å². The normalized spacial score (nSPS) is 26.3. The molecule has 7 rings (SSSR count). The zero-order valence-electron chi connectivity index (χ0n) is 26.9.